The van der Waals surface area contributed by atoms with Crippen molar-refractivity contribution in [1.82, 2.24) is 4.72 Å². The summed E-state index contributed by atoms with van der Waals surface area (Å²) in [5.41, 5.74) is 4.82. The zero-order valence-electron chi connectivity index (χ0n) is 11.6. The highest BCUT2D eigenvalue weighted by molar-refractivity contribution is 7.91. The van der Waals surface area contributed by atoms with Crippen LogP contribution in [0.25, 0.3) is 0 Å². The molecule has 1 aromatic heterocycles. The molecule has 22 heavy (non-hydrogen) atoms. The molecule has 0 fully saturated rings. The van der Waals surface area contributed by atoms with Gasteiger partial charge in [-0.2, -0.15) is 0 Å². The number of esters is 1. The molecule has 7 nitrogen and oxygen atoms in total. The molecule has 0 aliphatic heterocycles. The number of thiophene rings is 1. The van der Waals surface area contributed by atoms with Crippen molar-refractivity contribution in [1.29, 1.82) is 0 Å². The van der Waals surface area contributed by atoms with Crippen molar-refractivity contribution >= 4 is 39.7 Å². The molecule has 1 heterocycles. The number of hydrogen-bond acceptors (Lipinski definition) is 7. The van der Waals surface area contributed by atoms with Crippen LogP contribution in [0.2, 0.25) is 0 Å². The van der Waals surface area contributed by atoms with E-state index < -0.39 is 39.2 Å². The van der Waals surface area contributed by atoms with E-state index in [-0.39, 0.29) is 23.0 Å². The smallest absolute Gasteiger partial charge is 0.348 e. The van der Waals surface area contributed by atoms with Crippen molar-refractivity contribution in [3.63, 3.8) is 0 Å². The van der Waals surface area contributed by atoms with Gasteiger partial charge in [-0.15, -0.1) is 23.7 Å². The Hall–Kier alpha value is -1.01. The summed E-state index contributed by atoms with van der Waals surface area (Å²) in [6.07, 6.45) is 0. The molecule has 0 aliphatic carbocycles. The predicted octanol–water partition coefficient (Wildman–Crippen LogP) is 0.837. The van der Waals surface area contributed by atoms with E-state index in [9.17, 15) is 22.0 Å². The SMILES string of the molecule is COC(=O)c1cc(OC)c(S(=O)(=O)NCC(F)(F)CN)s1.Cl. The molecule has 0 spiro atoms. The Kier molecular flexibility index (Phi) is 7.65. The topological polar surface area (TPSA) is 108 Å². The minimum Gasteiger partial charge on any atom is -0.494 e. The van der Waals surface area contributed by atoms with E-state index in [2.05, 4.69) is 4.74 Å². The third-order valence-electron chi connectivity index (χ3n) is 2.34. The number of hydrogen-bond donors (Lipinski definition) is 2. The van der Waals surface area contributed by atoms with Crippen LogP contribution in [0.15, 0.2) is 10.3 Å². The highest BCUT2D eigenvalue weighted by Gasteiger charge is 2.32. The first-order chi connectivity index (χ1) is 9.66. The van der Waals surface area contributed by atoms with Gasteiger partial charge in [-0.1, -0.05) is 0 Å². The summed E-state index contributed by atoms with van der Waals surface area (Å²) in [5.74, 6) is -4.26. The fourth-order valence-electron chi connectivity index (χ4n) is 1.23. The van der Waals surface area contributed by atoms with Crippen LogP contribution in [0.5, 0.6) is 5.75 Å². The fraction of sp³-hybridized carbons (Fsp3) is 0.500. The summed E-state index contributed by atoms with van der Waals surface area (Å²) in [6, 6.07) is 1.16. The molecule has 0 radical (unpaired) electrons. The van der Waals surface area contributed by atoms with Crippen LogP contribution in [0.3, 0.4) is 0 Å². The van der Waals surface area contributed by atoms with E-state index >= 15 is 0 Å². The highest BCUT2D eigenvalue weighted by atomic mass is 35.5. The predicted molar refractivity (Wildman–Crippen MR) is 78.6 cm³/mol. The van der Waals surface area contributed by atoms with E-state index in [0.717, 1.165) is 13.2 Å². The van der Waals surface area contributed by atoms with Gasteiger partial charge in [0, 0.05) is 6.07 Å². The van der Waals surface area contributed by atoms with Crippen LogP contribution in [0.4, 0.5) is 8.78 Å². The van der Waals surface area contributed by atoms with Crippen LogP contribution in [-0.2, 0) is 14.8 Å². The lowest BCUT2D eigenvalue weighted by Crippen LogP contribution is -2.41. The van der Waals surface area contributed by atoms with E-state index in [1.165, 1.54) is 7.11 Å². The molecule has 0 amide bonds. The largest absolute Gasteiger partial charge is 0.494 e. The maximum Gasteiger partial charge on any atom is 0.348 e. The third-order valence-corrected chi connectivity index (χ3v) is 5.35. The van der Waals surface area contributed by atoms with Crippen LogP contribution >= 0.6 is 23.7 Å². The van der Waals surface area contributed by atoms with E-state index in [4.69, 9.17) is 10.5 Å². The monoisotopic (exact) mass is 380 g/mol. The summed E-state index contributed by atoms with van der Waals surface area (Å²) in [7, 11) is -1.95. The average molecular weight is 381 g/mol. The fourth-order valence-corrected chi connectivity index (χ4v) is 3.83. The Morgan fingerprint density at radius 2 is 2.05 bits per heavy atom. The van der Waals surface area contributed by atoms with Gasteiger partial charge in [0.05, 0.1) is 27.3 Å². The molecule has 3 N–H and O–H groups in total. The number of carbonyl (C=O) groups excluding carboxylic acids is 1. The van der Waals surface area contributed by atoms with Crippen molar-refractivity contribution in [3.8, 4) is 5.75 Å². The van der Waals surface area contributed by atoms with Gasteiger partial charge in [0.15, 0.2) is 9.96 Å². The molecule has 0 aliphatic rings. The molecule has 12 heteroatoms. The van der Waals surface area contributed by atoms with Crippen LogP contribution < -0.4 is 15.2 Å². The molecular formula is C10H15ClF2N2O5S2. The molecular weight excluding hydrogens is 366 g/mol. The summed E-state index contributed by atoms with van der Waals surface area (Å²) < 4.78 is 60.7. The summed E-state index contributed by atoms with van der Waals surface area (Å²) in [6.45, 7) is -2.15. The Morgan fingerprint density at radius 3 is 2.50 bits per heavy atom. The maximum atomic E-state index is 13.0. The van der Waals surface area contributed by atoms with Crippen LogP contribution in [0.1, 0.15) is 9.67 Å². The van der Waals surface area contributed by atoms with Gasteiger partial charge < -0.3 is 15.2 Å². The molecule has 1 rings (SSSR count). The molecule has 128 valence electrons. The molecule has 0 unspecified atom stereocenters. The third kappa shape index (κ3) is 5.02. The lowest BCUT2D eigenvalue weighted by molar-refractivity contribution is 0.0170. The Bertz CT molecular complexity index is 621. The highest BCUT2D eigenvalue weighted by Crippen LogP contribution is 2.33. The zero-order chi connectivity index (χ0) is 16.3. The standard InChI is InChI=1S/C10H14F2N2O5S2.ClH/c1-18-6-3-7(8(15)19-2)20-9(6)21(16,17)14-5-10(11,12)4-13;/h3,14H,4-5,13H2,1-2H3;1H. The van der Waals surface area contributed by atoms with Gasteiger partial charge >= 0.3 is 5.97 Å². The molecule has 0 bridgehead atoms. The summed E-state index contributed by atoms with van der Waals surface area (Å²) in [5, 5.41) is 0. The number of rotatable bonds is 7. The second kappa shape index (κ2) is 8.02. The van der Waals surface area contributed by atoms with Crippen molar-refractivity contribution in [2.24, 2.45) is 5.73 Å². The van der Waals surface area contributed by atoms with Gasteiger partial charge in [0.25, 0.3) is 15.9 Å². The Labute approximate surface area is 136 Å². The number of alkyl halides is 2. The maximum absolute atomic E-state index is 13.0. The first-order valence-electron chi connectivity index (χ1n) is 5.50. The van der Waals surface area contributed by atoms with Gasteiger partial charge in [0.2, 0.25) is 0 Å². The lowest BCUT2D eigenvalue weighted by Gasteiger charge is -2.14. The Morgan fingerprint density at radius 1 is 1.45 bits per heavy atom. The first-order valence-corrected chi connectivity index (χ1v) is 7.80. The normalized spacial score (nSPS) is 11.7. The second-order valence-electron chi connectivity index (χ2n) is 3.84. The number of carbonyl (C=O) groups is 1. The number of methoxy groups -OCH3 is 2. The van der Waals surface area contributed by atoms with Crippen LogP contribution in [0, 0.1) is 0 Å². The number of sulfonamides is 1. The number of nitrogens with one attached hydrogen (secondary N) is 1. The first kappa shape index (κ1) is 21.0. The molecule has 1 aromatic rings. The number of ether oxygens (including phenoxy) is 2. The molecule has 0 saturated carbocycles. The number of nitrogens with two attached hydrogens (primary N) is 1. The zero-order valence-corrected chi connectivity index (χ0v) is 14.0. The van der Waals surface area contributed by atoms with Crippen LogP contribution in [-0.4, -0.2) is 47.6 Å². The van der Waals surface area contributed by atoms with Gasteiger partial charge in [-0.3, -0.25) is 0 Å². The second-order valence-corrected chi connectivity index (χ2v) is 6.86. The summed E-state index contributed by atoms with van der Waals surface area (Å²) >= 11 is 0.556. The number of halogens is 3. The van der Waals surface area contributed by atoms with Gasteiger partial charge in [-0.05, 0) is 0 Å². The lowest BCUT2D eigenvalue weighted by atomic mass is 10.3. The van der Waals surface area contributed by atoms with Gasteiger partial charge in [0.1, 0.15) is 4.88 Å². The average Bonchev–Trinajstić information content (AvgIpc) is 2.89. The van der Waals surface area contributed by atoms with Crippen molar-refractivity contribution in [2.45, 2.75) is 10.1 Å². The molecule has 0 aromatic carbocycles. The summed E-state index contributed by atoms with van der Waals surface area (Å²) in [4.78, 5) is 11.3. The van der Waals surface area contributed by atoms with Crippen molar-refractivity contribution in [2.75, 3.05) is 27.3 Å². The van der Waals surface area contributed by atoms with Crippen molar-refractivity contribution in [3.05, 3.63) is 10.9 Å². The Balaban J connectivity index is 0.00000441. The van der Waals surface area contributed by atoms with E-state index in [1.54, 1.807) is 4.72 Å². The van der Waals surface area contributed by atoms with E-state index in [1.807, 2.05) is 0 Å². The van der Waals surface area contributed by atoms with E-state index in [0.29, 0.717) is 11.3 Å². The quantitative estimate of drug-likeness (QED) is 0.678. The minimum absolute atomic E-state index is 0. The van der Waals surface area contributed by atoms with Gasteiger partial charge in [-0.25, -0.2) is 26.7 Å². The van der Waals surface area contributed by atoms with Crippen molar-refractivity contribution < 1.29 is 31.5 Å². The minimum atomic E-state index is -4.27. The molecule has 0 saturated heterocycles. The molecule has 0 atom stereocenters.